The van der Waals surface area contributed by atoms with Crippen LogP contribution >= 0.6 is 27.3 Å². The molecule has 0 N–H and O–H groups in total. The molecule has 84 valence electrons. The fourth-order valence-electron chi connectivity index (χ4n) is 0.980. The van der Waals surface area contributed by atoms with E-state index in [2.05, 4.69) is 15.9 Å². The predicted octanol–water partition coefficient (Wildman–Crippen LogP) is 3.37. The molecule has 0 radical (unpaired) electrons. The monoisotopic (exact) mass is 299 g/mol. The third kappa shape index (κ3) is 3.80. The maximum Gasteiger partial charge on any atom is 0.349 e. The molecule has 5 heteroatoms. The lowest BCUT2D eigenvalue weighted by Crippen LogP contribution is -2.12. The molecule has 0 aliphatic rings. The number of nitrogens with zero attached hydrogens (tertiary/aromatic N) is 1. The Kier molecular flexibility index (Phi) is 4.71. The van der Waals surface area contributed by atoms with Crippen molar-refractivity contribution in [2.24, 2.45) is 0 Å². The summed E-state index contributed by atoms with van der Waals surface area (Å²) in [5.41, 5.74) is 0.827. The van der Waals surface area contributed by atoms with Crippen LogP contribution in [0.25, 0.3) is 6.08 Å². The van der Waals surface area contributed by atoms with Crippen molar-refractivity contribution in [1.82, 2.24) is 0 Å². The number of thiophene rings is 1. The maximum absolute atomic E-state index is 11.5. The number of halogens is 1. The van der Waals surface area contributed by atoms with Gasteiger partial charge in [-0.1, -0.05) is 0 Å². The second-order valence-electron chi connectivity index (χ2n) is 3.31. The molecule has 0 amide bonds. The van der Waals surface area contributed by atoms with Crippen molar-refractivity contribution in [1.29, 1.82) is 5.26 Å². The van der Waals surface area contributed by atoms with E-state index in [0.717, 1.165) is 9.35 Å². The average Bonchev–Trinajstić information content (AvgIpc) is 2.59. The molecule has 16 heavy (non-hydrogen) atoms. The molecule has 1 heterocycles. The normalized spacial score (nSPS) is 11.3. The number of rotatable bonds is 3. The Morgan fingerprint density at radius 3 is 2.81 bits per heavy atom. The van der Waals surface area contributed by atoms with Gasteiger partial charge in [0.2, 0.25) is 0 Å². The first-order valence-corrected chi connectivity index (χ1v) is 6.27. The lowest BCUT2D eigenvalue weighted by Gasteiger charge is -2.05. The summed E-state index contributed by atoms with van der Waals surface area (Å²) in [7, 11) is 0. The fraction of sp³-hybridized carbons (Fsp3) is 0.273. The van der Waals surface area contributed by atoms with Crippen molar-refractivity contribution in [3.63, 3.8) is 0 Å². The molecular formula is C11H10BrNO2S. The molecule has 3 nitrogen and oxygen atoms in total. The second-order valence-corrected chi connectivity index (χ2v) is 5.60. The van der Waals surface area contributed by atoms with Crippen molar-refractivity contribution in [3.05, 3.63) is 26.4 Å². The van der Waals surface area contributed by atoms with Gasteiger partial charge in [-0.25, -0.2) is 4.79 Å². The highest BCUT2D eigenvalue weighted by Gasteiger charge is 2.12. The third-order valence-corrected chi connectivity index (χ3v) is 3.10. The minimum Gasteiger partial charge on any atom is -0.459 e. The molecule has 1 aromatic heterocycles. The van der Waals surface area contributed by atoms with Gasteiger partial charge in [0.25, 0.3) is 0 Å². The van der Waals surface area contributed by atoms with E-state index in [1.165, 1.54) is 17.4 Å². The largest absolute Gasteiger partial charge is 0.459 e. The standard InChI is InChI=1S/C11H10BrNO2S/c1-7(2)15-11(14)9(5-13)3-8-4-10(12)16-6-8/h3-4,6-7H,1-2H3/b9-3+. The highest BCUT2D eigenvalue weighted by Crippen LogP contribution is 2.22. The Balaban J connectivity index is 2.87. The molecule has 1 aromatic rings. The van der Waals surface area contributed by atoms with Gasteiger partial charge in [-0.15, -0.1) is 11.3 Å². The van der Waals surface area contributed by atoms with Crippen molar-refractivity contribution in [2.75, 3.05) is 0 Å². The van der Waals surface area contributed by atoms with Gasteiger partial charge in [-0.3, -0.25) is 0 Å². The van der Waals surface area contributed by atoms with E-state index in [-0.39, 0.29) is 11.7 Å². The van der Waals surface area contributed by atoms with Crippen molar-refractivity contribution in [2.45, 2.75) is 20.0 Å². The van der Waals surface area contributed by atoms with Crippen LogP contribution in [-0.2, 0) is 9.53 Å². The van der Waals surface area contributed by atoms with Gasteiger partial charge in [-0.2, -0.15) is 5.26 Å². The summed E-state index contributed by atoms with van der Waals surface area (Å²) in [6.07, 6.45) is 1.30. The highest BCUT2D eigenvalue weighted by atomic mass is 79.9. The number of nitriles is 1. The van der Waals surface area contributed by atoms with E-state index >= 15 is 0 Å². The van der Waals surface area contributed by atoms with Gasteiger partial charge in [0.1, 0.15) is 11.6 Å². The summed E-state index contributed by atoms with van der Waals surface area (Å²) in [6, 6.07) is 3.68. The van der Waals surface area contributed by atoms with Crippen LogP contribution in [0.1, 0.15) is 19.4 Å². The van der Waals surface area contributed by atoms with Gasteiger partial charge in [0.05, 0.1) is 9.89 Å². The molecule has 0 unspecified atom stereocenters. The molecule has 0 atom stereocenters. The van der Waals surface area contributed by atoms with Gasteiger partial charge in [0, 0.05) is 0 Å². The van der Waals surface area contributed by atoms with Crippen LogP contribution in [0, 0.1) is 11.3 Å². The summed E-state index contributed by atoms with van der Waals surface area (Å²) in [5.74, 6) is -0.583. The van der Waals surface area contributed by atoms with Crippen LogP contribution in [0.2, 0.25) is 0 Å². The van der Waals surface area contributed by atoms with E-state index in [1.807, 2.05) is 17.5 Å². The maximum atomic E-state index is 11.5. The molecule has 0 aromatic carbocycles. The molecule has 0 spiro atoms. The molecule has 1 rings (SSSR count). The third-order valence-electron chi connectivity index (χ3n) is 1.58. The minimum absolute atomic E-state index is 0.0130. The summed E-state index contributed by atoms with van der Waals surface area (Å²) in [5, 5.41) is 10.7. The highest BCUT2D eigenvalue weighted by molar-refractivity contribution is 9.11. The zero-order chi connectivity index (χ0) is 12.1. The smallest absolute Gasteiger partial charge is 0.349 e. The lowest BCUT2D eigenvalue weighted by molar-refractivity contribution is -0.142. The van der Waals surface area contributed by atoms with Gasteiger partial charge >= 0.3 is 5.97 Å². The Labute approximate surface area is 106 Å². The topological polar surface area (TPSA) is 50.1 Å². The van der Waals surface area contributed by atoms with Crippen molar-refractivity contribution < 1.29 is 9.53 Å². The number of hydrogen-bond acceptors (Lipinski definition) is 4. The minimum atomic E-state index is -0.583. The molecule has 0 bridgehead atoms. The van der Waals surface area contributed by atoms with E-state index in [9.17, 15) is 4.79 Å². The summed E-state index contributed by atoms with van der Waals surface area (Å²) in [4.78, 5) is 11.5. The van der Waals surface area contributed by atoms with Gasteiger partial charge in [0.15, 0.2) is 0 Å². The van der Waals surface area contributed by atoms with E-state index in [1.54, 1.807) is 13.8 Å². The van der Waals surface area contributed by atoms with E-state index < -0.39 is 5.97 Å². The molecule has 0 aliphatic heterocycles. The van der Waals surface area contributed by atoms with Crippen LogP contribution in [0.4, 0.5) is 0 Å². The van der Waals surface area contributed by atoms with E-state index in [4.69, 9.17) is 10.00 Å². The molecule has 0 saturated carbocycles. The number of carbonyl (C=O) groups excluding carboxylic acids is 1. The number of carbonyl (C=O) groups is 1. The predicted molar refractivity (Wildman–Crippen MR) is 66.8 cm³/mol. The van der Waals surface area contributed by atoms with Crippen LogP contribution in [-0.4, -0.2) is 12.1 Å². The molecule has 0 aliphatic carbocycles. The summed E-state index contributed by atoms with van der Waals surface area (Å²) >= 11 is 4.80. The first-order chi connectivity index (χ1) is 7.52. The lowest BCUT2D eigenvalue weighted by atomic mass is 10.2. The van der Waals surface area contributed by atoms with Gasteiger partial charge in [-0.05, 0) is 52.9 Å². The Morgan fingerprint density at radius 2 is 2.38 bits per heavy atom. The SMILES string of the molecule is CC(C)OC(=O)/C(C#N)=C/c1csc(Br)c1. The van der Waals surface area contributed by atoms with Gasteiger partial charge < -0.3 is 4.74 Å². The quantitative estimate of drug-likeness (QED) is 0.488. The summed E-state index contributed by atoms with van der Waals surface area (Å²) < 4.78 is 5.90. The summed E-state index contributed by atoms with van der Waals surface area (Å²) in [6.45, 7) is 3.49. The molecular weight excluding hydrogens is 290 g/mol. The zero-order valence-electron chi connectivity index (χ0n) is 8.86. The Bertz CT molecular complexity index is 457. The van der Waals surface area contributed by atoms with Crippen molar-refractivity contribution in [3.8, 4) is 6.07 Å². The Hall–Kier alpha value is -1.12. The molecule has 0 saturated heterocycles. The molecule has 0 fully saturated rings. The van der Waals surface area contributed by atoms with Crippen LogP contribution in [0.5, 0.6) is 0 Å². The van der Waals surface area contributed by atoms with Crippen molar-refractivity contribution >= 4 is 39.3 Å². The van der Waals surface area contributed by atoms with E-state index in [0.29, 0.717) is 0 Å². The second kappa shape index (κ2) is 5.83. The number of hydrogen-bond donors (Lipinski definition) is 0. The fourth-order valence-corrected chi connectivity index (χ4v) is 2.11. The zero-order valence-corrected chi connectivity index (χ0v) is 11.3. The van der Waals surface area contributed by atoms with Crippen LogP contribution in [0.3, 0.4) is 0 Å². The number of esters is 1. The van der Waals surface area contributed by atoms with Crippen LogP contribution in [0.15, 0.2) is 20.8 Å². The number of ether oxygens (including phenoxy) is 1. The average molecular weight is 300 g/mol. The Morgan fingerprint density at radius 1 is 1.69 bits per heavy atom. The van der Waals surface area contributed by atoms with Crippen LogP contribution < -0.4 is 0 Å². The first kappa shape index (κ1) is 12.9. The first-order valence-electron chi connectivity index (χ1n) is 4.59.